The van der Waals surface area contributed by atoms with Gasteiger partial charge in [-0.05, 0) is 30.5 Å². The normalized spacial score (nSPS) is 12.2. The Kier molecular flexibility index (Phi) is 5.51. The summed E-state index contributed by atoms with van der Waals surface area (Å²) in [6.45, 7) is 4.13. The van der Waals surface area contributed by atoms with Crippen molar-refractivity contribution in [3.8, 4) is 0 Å². The number of carbonyl (C=O) groups excluding carboxylic acids is 1. The number of amides is 1. The average Bonchev–Trinajstić information content (AvgIpc) is 3.00. The molecule has 0 aliphatic carbocycles. The van der Waals surface area contributed by atoms with E-state index in [0.29, 0.717) is 13.1 Å². The van der Waals surface area contributed by atoms with Gasteiger partial charge in [-0.1, -0.05) is 42.5 Å². The van der Waals surface area contributed by atoms with Crippen molar-refractivity contribution in [3.63, 3.8) is 0 Å². The maximum absolute atomic E-state index is 12.2. The summed E-state index contributed by atoms with van der Waals surface area (Å²) in [6.07, 6.45) is 2.87. The molecule has 25 heavy (non-hydrogen) atoms. The molecule has 3 rings (SSSR count). The molecule has 1 amide bonds. The minimum atomic E-state index is 0.103. The number of benzene rings is 2. The number of aryl methyl sites for hydroxylation is 1. The van der Waals surface area contributed by atoms with Crippen molar-refractivity contribution in [1.82, 2.24) is 10.3 Å². The van der Waals surface area contributed by atoms with Crippen LogP contribution >= 0.6 is 0 Å². The van der Waals surface area contributed by atoms with E-state index in [4.69, 9.17) is 0 Å². The van der Waals surface area contributed by atoms with Crippen molar-refractivity contribution < 1.29 is 9.69 Å². The highest BCUT2D eigenvalue weighted by molar-refractivity contribution is 5.83. The van der Waals surface area contributed by atoms with Crippen LogP contribution in [0.2, 0.25) is 0 Å². The minimum Gasteiger partial charge on any atom is -0.361 e. The van der Waals surface area contributed by atoms with Gasteiger partial charge in [0.25, 0.3) is 5.91 Å². The highest BCUT2D eigenvalue weighted by Gasteiger charge is 2.11. The van der Waals surface area contributed by atoms with E-state index >= 15 is 0 Å². The SMILES string of the molecule is Cc1ccccc1C[NH+](C)CC(=O)NCCc1c[nH]c2ccccc12. The van der Waals surface area contributed by atoms with E-state index < -0.39 is 0 Å². The number of aromatic nitrogens is 1. The van der Waals surface area contributed by atoms with Crippen molar-refractivity contribution in [2.45, 2.75) is 19.9 Å². The standard InChI is InChI=1S/C21H25N3O/c1-16-7-3-4-8-18(16)14-24(2)15-21(25)22-12-11-17-13-23-20-10-6-5-9-19(17)20/h3-10,13,23H,11-12,14-15H2,1-2H3,(H,22,25)/p+1. The van der Waals surface area contributed by atoms with Gasteiger partial charge >= 0.3 is 0 Å². The van der Waals surface area contributed by atoms with Crippen LogP contribution < -0.4 is 10.2 Å². The lowest BCUT2D eigenvalue weighted by Crippen LogP contribution is -3.09. The summed E-state index contributed by atoms with van der Waals surface area (Å²) < 4.78 is 0. The van der Waals surface area contributed by atoms with Crippen molar-refractivity contribution in [2.75, 3.05) is 20.1 Å². The molecule has 3 N–H and O–H groups in total. The number of nitrogens with one attached hydrogen (secondary N) is 3. The molecule has 0 radical (unpaired) electrons. The van der Waals surface area contributed by atoms with Crippen molar-refractivity contribution in [2.24, 2.45) is 0 Å². The first-order chi connectivity index (χ1) is 12.1. The van der Waals surface area contributed by atoms with Crippen LogP contribution in [0.15, 0.2) is 54.7 Å². The number of para-hydroxylation sites is 1. The van der Waals surface area contributed by atoms with Crippen LogP contribution in [0.25, 0.3) is 10.9 Å². The molecule has 0 aliphatic rings. The molecule has 0 saturated carbocycles. The average molecular weight is 336 g/mol. The molecule has 4 nitrogen and oxygen atoms in total. The summed E-state index contributed by atoms with van der Waals surface area (Å²) in [6, 6.07) is 16.6. The second kappa shape index (κ2) is 7.99. The van der Waals surface area contributed by atoms with Gasteiger partial charge in [0.05, 0.1) is 7.05 Å². The van der Waals surface area contributed by atoms with E-state index in [1.54, 1.807) is 0 Å². The summed E-state index contributed by atoms with van der Waals surface area (Å²) in [5.74, 6) is 0.103. The molecule has 1 unspecified atom stereocenters. The highest BCUT2D eigenvalue weighted by atomic mass is 16.2. The Morgan fingerprint density at radius 3 is 2.68 bits per heavy atom. The second-order valence-electron chi connectivity index (χ2n) is 6.70. The van der Waals surface area contributed by atoms with Crippen LogP contribution in [0, 0.1) is 6.92 Å². The fourth-order valence-electron chi connectivity index (χ4n) is 3.21. The third-order valence-electron chi connectivity index (χ3n) is 4.61. The molecule has 0 bridgehead atoms. The Hall–Kier alpha value is -2.59. The number of H-pyrrole nitrogens is 1. The van der Waals surface area contributed by atoms with Crippen LogP contribution in [0.1, 0.15) is 16.7 Å². The predicted octanol–water partition coefficient (Wildman–Crippen LogP) is 1.85. The monoisotopic (exact) mass is 336 g/mol. The Bertz CT molecular complexity index is 853. The van der Waals surface area contributed by atoms with Crippen LogP contribution in [-0.4, -0.2) is 31.0 Å². The maximum atomic E-state index is 12.2. The van der Waals surface area contributed by atoms with Crippen molar-refractivity contribution >= 4 is 16.8 Å². The Morgan fingerprint density at radius 1 is 1.08 bits per heavy atom. The van der Waals surface area contributed by atoms with E-state index in [2.05, 4.69) is 54.6 Å². The zero-order valence-corrected chi connectivity index (χ0v) is 14.9. The number of aromatic amines is 1. The first-order valence-electron chi connectivity index (χ1n) is 8.81. The van der Waals surface area contributed by atoms with Crippen LogP contribution in [0.3, 0.4) is 0 Å². The molecule has 0 spiro atoms. The molecule has 4 heteroatoms. The molecule has 1 aromatic heterocycles. The molecule has 0 saturated heterocycles. The largest absolute Gasteiger partial charge is 0.361 e. The molecular formula is C21H26N3O+. The van der Waals surface area contributed by atoms with Gasteiger partial charge in [-0.2, -0.15) is 0 Å². The van der Waals surface area contributed by atoms with E-state index in [0.717, 1.165) is 18.5 Å². The van der Waals surface area contributed by atoms with Gasteiger partial charge in [-0.15, -0.1) is 0 Å². The number of hydrogen-bond acceptors (Lipinski definition) is 1. The number of quaternary nitrogens is 1. The van der Waals surface area contributed by atoms with Crippen LogP contribution in [0.5, 0.6) is 0 Å². The number of rotatable bonds is 7. The zero-order chi connectivity index (χ0) is 17.6. The number of fused-ring (bicyclic) bond motifs is 1. The van der Waals surface area contributed by atoms with Crippen LogP contribution in [0.4, 0.5) is 0 Å². The molecule has 1 atom stereocenters. The van der Waals surface area contributed by atoms with Crippen molar-refractivity contribution in [3.05, 3.63) is 71.4 Å². The van der Waals surface area contributed by atoms with E-state index in [1.807, 2.05) is 24.4 Å². The number of hydrogen-bond donors (Lipinski definition) is 3. The first kappa shape index (κ1) is 17.2. The van der Waals surface area contributed by atoms with E-state index in [1.165, 1.54) is 27.0 Å². The lowest BCUT2D eigenvalue weighted by atomic mass is 10.1. The summed E-state index contributed by atoms with van der Waals surface area (Å²) >= 11 is 0. The lowest BCUT2D eigenvalue weighted by Gasteiger charge is -2.15. The highest BCUT2D eigenvalue weighted by Crippen LogP contribution is 2.17. The summed E-state index contributed by atoms with van der Waals surface area (Å²) in [5, 5.41) is 4.28. The third kappa shape index (κ3) is 4.48. The molecular weight excluding hydrogens is 310 g/mol. The quantitative estimate of drug-likeness (QED) is 0.606. The predicted molar refractivity (Wildman–Crippen MR) is 102 cm³/mol. The Labute approximate surface area is 148 Å². The molecule has 0 fully saturated rings. The molecule has 0 aliphatic heterocycles. The van der Waals surface area contributed by atoms with Crippen LogP contribution in [-0.2, 0) is 17.8 Å². The minimum absolute atomic E-state index is 0.103. The number of carbonyl (C=O) groups is 1. The zero-order valence-electron chi connectivity index (χ0n) is 14.9. The summed E-state index contributed by atoms with van der Waals surface area (Å²) in [7, 11) is 2.06. The molecule has 130 valence electrons. The third-order valence-corrected chi connectivity index (χ3v) is 4.61. The molecule has 2 aromatic carbocycles. The van der Waals surface area contributed by atoms with Gasteiger partial charge in [-0.3, -0.25) is 4.79 Å². The molecule has 1 heterocycles. The fourth-order valence-corrected chi connectivity index (χ4v) is 3.21. The smallest absolute Gasteiger partial charge is 0.275 e. The van der Waals surface area contributed by atoms with Gasteiger partial charge in [0.2, 0.25) is 0 Å². The number of likely N-dealkylation sites (N-methyl/N-ethyl adjacent to an activating group) is 1. The Morgan fingerprint density at radius 2 is 1.84 bits per heavy atom. The van der Waals surface area contributed by atoms with E-state index in [-0.39, 0.29) is 5.91 Å². The van der Waals surface area contributed by atoms with Gasteiger partial charge in [0.1, 0.15) is 6.54 Å². The topological polar surface area (TPSA) is 49.3 Å². The first-order valence-corrected chi connectivity index (χ1v) is 8.81. The maximum Gasteiger partial charge on any atom is 0.275 e. The lowest BCUT2D eigenvalue weighted by molar-refractivity contribution is -0.885. The second-order valence-corrected chi connectivity index (χ2v) is 6.70. The van der Waals surface area contributed by atoms with Gasteiger partial charge in [0.15, 0.2) is 6.54 Å². The molecule has 3 aromatic rings. The van der Waals surface area contributed by atoms with Gasteiger partial charge in [0, 0.05) is 29.2 Å². The summed E-state index contributed by atoms with van der Waals surface area (Å²) in [5.41, 5.74) is 4.97. The van der Waals surface area contributed by atoms with Gasteiger partial charge < -0.3 is 15.2 Å². The van der Waals surface area contributed by atoms with Gasteiger partial charge in [-0.25, -0.2) is 0 Å². The van der Waals surface area contributed by atoms with Crippen molar-refractivity contribution in [1.29, 1.82) is 0 Å². The fraction of sp³-hybridized carbons (Fsp3) is 0.286. The Balaban J connectivity index is 1.46. The summed E-state index contributed by atoms with van der Waals surface area (Å²) in [4.78, 5) is 16.6. The van der Waals surface area contributed by atoms with E-state index in [9.17, 15) is 4.79 Å².